The fourth-order valence-corrected chi connectivity index (χ4v) is 1.32. The van der Waals surface area contributed by atoms with Gasteiger partial charge in [0.2, 0.25) is 0 Å². The van der Waals surface area contributed by atoms with Crippen molar-refractivity contribution in [3.8, 4) is 0 Å². The second-order valence-electron chi connectivity index (χ2n) is 3.04. The summed E-state index contributed by atoms with van der Waals surface area (Å²) in [5, 5.41) is -0.122. The zero-order chi connectivity index (χ0) is 12.3. The van der Waals surface area contributed by atoms with Crippen LogP contribution in [-0.4, -0.2) is 17.6 Å². The van der Waals surface area contributed by atoms with Gasteiger partial charge in [0.05, 0.1) is 11.6 Å². The van der Waals surface area contributed by atoms with Gasteiger partial charge in [-0.25, -0.2) is 18.6 Å². The van der Waals surface area contributed by atoms with Crippen LogP contribution in [0.4, 0.5) is 8.78 Å². The largest absolute Gasteiger partial charge is 0.461 e. The molecule has 0 aliphatic rings. The molecule has 0 radical (unpaired) electrons. The van der Waals surface area contributed by atoms with Crippen LogP contribution < -0.4 is 0 Å². The van der Waals surface area contributed by atoms with Crippen LogP contribution in [0.25, 0.3) is 0 Å². The standard InChI is InChI=1S/C10H10ClF2NO2/c1-3-16-10(15)6-4-5(2)7(11)8(14-6)9(12)13/h4,9H,3H2,1-2H3. The number of pyridine rings is 1. The zero-order valence-electron chi connectivity index (χ0n) is 8.76. The fraction of sp³-hybridized carbons (Fsp3) is 0.400. The maximum absolute atomic E-state index is 12.5. The molecule has 1 rings (SSSR count). The summed E-state index contributed by atoms with van der Waals surface area (Å²) in [7, 11) is 0. The van der Waals surface area contributed by atoms with E-state index in [1.54, 1.807) is 6.92 Å². The van der Waals surface area contributed by atoms with E-state index in [-0.39, 0.29) is 17.3 Å². The Morgan fingerprint density at radius 1 is 1.62 bits per heavy atom. The monoisotopic (exact) mass is 249 g/mol. The number of hydrogen-bond acceptors (Lipinski definition) is 3. The third-order valence-electron chi connectivity index (χ3n) is 1.86. The first-order valence-electron chi connectivity index (χ1n) is 4.59. The second kappa shape index (κ2) is 5.21. The summed E-state index contributed by atoms with van der Waals surface area (Å²) < 4.78 is 29.7. The molecule has 0 unspecified atom stereocenters. The molecule has 1 aromatic heterocycles. The molecule has 6 heteroatoms. The van der Waals surface area contributed by atoms with Crippen LogP contribution in [0.3, 0.4) is 0 Å². The molecule has 0 bridgehead atoms. The number of aryl methyl sites for hydroxylation is 1. The molecule has 0 spiro atoms. The Bertz CT molecular complexity index is 410. The molecular weight excluding hydrogens is 240 g/mol. The Balaban J connectivity index is 3.18. The van der Waals surface area contributed by atoms with Crippen molar-refractivity contribution in [1.29, 1.82) is 0 Å². The lowest BCUT2D eigenvalue weighted by Gasteiger charge is -2.08. The highest BCUT2D eigenvalue weighted by molar-refractivity contribution is 6.32. The van der Waals surface area contributed by atoms with Gasteiger partial charge < -0.3 is 4.74 Å². The number of carbonyl (C=O) groups is 1. The van der Waals surface area contributed by atoms with Crippen molar-refractivity contribution < 1.29 is 18.3 Å². The Morgan fingerprint density at radius 2 is 2.25 bits per heavy atom. The van der Waals surface area contributed by atoms with Crippen LogP contribution in [0, 0.1) is 6.92 Å². The van der Waals surface area contributed by atoms with Crippen molar-refractivity contribution in [2.24, 2.45) is 0 Å². The molecule has 0 saturated heterocycles. The summed E-state index contributed by atoms with van der Waals surface area (Å²) in [5.41, 5.74) is -0.376. The number of halogens is 3. The normalized spacial score (nSPS) is 10.6. The number of esters is 1. The molecule has 0 saturated carbocycles. The quantitative estimate of drug-likeness (QED) is 0.773. The van der Waals surface area contributed by atoms with Crippen LogP contribution >= 0.6 is 11.6 Å². The maximum atomic E-state index is 12.5. The van der Waals surface area contributed by atoms with Gasteiger partial charge in [0.1, 0.15) is 11.4 Å². The molecule has 0 amide bonds. The third kappa shape index (κ3) is 2.66. The number of alkyl halides is 2. The topological polar surface area (TPSA) is 39.2 Å². The van der Waals surface area contributed by atoms with Gasteiger partial charge in [0.25, 0.3) is 6.43 Å². The predicted molar refractivity (Wildman–Crippen MR) is 54.9 cm³/mol. The highest BCUT2D eigenvalue weighted by Gasteiger charge is 2.20. The minimum Gasteiger partial charge on any atom is -0.461 e. The second-order valence-corrected chi connectivity index (χ2v) is 3.42. The van der Waals surface area contributed by atoms with Gasteiger partial charge in [-0.3, -0.25) is 0 Å². The van der Waals surface area contributed by atoms with Crippen LogP contribution in [0.2, 0.25) is 5.02 Å². The van der Waals surface area contributed by atoms with E-state index in [1.165, 1.54) is 13.0 Å². The summed E-state index contributed by atoms with van der Waals surface area (Å²) in [6.07, 6.45) is -2.82. The molecular formula is C10H10ClF2NO2. The van der Waals surface area contributed by atoms with E-state index in [2.05, 4.69) is 9.72 Å². The van der Waals surface area contributed by atoms with E-state index in [9.17, 15) is 13.6 Å². The van der Waals surface area contributed by atoms with Crippen molar-refractivity contribution in [2.75, 3.05) is 6.61 Å². The first-order chi connectivity index (χ1) is 7.47. The Morgan fingerprint density at radius 3 is 2.75 bits per heavy atom. The van der Waals surface area contributed by atoms with Crippen molar-refractivity contribution in [3.63, 3.8) is 0 Å². The lowest BCUT2D eigenvalue weighted by Crippen LogP contribution is -2.10. The molecule has 0 aliphatic heterocycles. The molecule has 0 aromatic carbocycles. The van der Waals surface area contributed by atoms with Crippen LogP contribution in [0.1, 0.15) is 35.1 Å². The van der Waals surface area contributed by atoms with Crippen LogP contribution in [0.15, 0.2) is 6.07 Å². The summed E-state index contributed by atoms with van der Waals surface area (Å²) in [6.45, 7) is 3.31. The smallest absolute Gasteiger partial charge is 0.356 e. The van der Waals surface area contributed by atoms with E-state index in [0.717, 1.165) is 0 Å². The fourth-order valence-electron chi connectivity index (χ4n) is 1.14. The van der Waals surface area contributed by atoms with Crippen molar-refractivity contribution >= 4 is 17.6 Å². The van der Waals surface area contributed by atoms with Crippen molar-refractivity contribution in [1.82, 2.24) is 4.98 Å². The molecule has 0 aliphatic carbocycles. The van der Waals surface area contributed by atoms with E-state index in [1.807, 2.05) is 0 Å². The Labute approximate surface area is 96.4 Å². The van der Waals surface area contributed by atoms with Gasteiger partial charge in [-0.1, -0.05) is 11.6 Å². The minimum atomic E-state index is -2.82. The first-order valence-corrected chi connectivity index (χ1v) is 4.97. The average molecular weight is 250 g/mol. The molecule has 16 heavy (non-hydrogen) atoms. The summed E-state index contributed by atoms with van der Waals surface area (Å²) in [4.78, 5) is 14.8. The maximum Gasteiger partial charge on any atom is 0.356 e. The van der Waals surface area contributed by atoms with E-state index < -0.39 is 18.1 Å². The number of carbonyl (C=O) groups excluding carboxylic acids is 1. The number of hydrogen-bond donors (Lipinski definition) is 0. The van der Waals surface area contributed by atoms with Gasteiger partial charge >= 0.3 is 5.97 Å². The molecule has 88 valence electrons. The Hall–Kier alpha value is -1.23. The third-order valence-corrected chi connectivity index (χ3v) is 2.35. The van der Waals surface area contributed by atoms with Gasteiger partial charge in [-0.05, 0) is 25.5 Å². The number of aromatic nitrogens is 1. The lowest BCUT2D eigenvalue weighted by molar-refractivity contribution is 0.0518. The zero-order valence-corrected chi connectivity index (χ0v) is 9.52. The van der Waals surface area contributed by atoms with Crippen molar-refractivity contribution in [2.45, 2.75) is 20.3 Å². The summed E-state index contributed by atoms with van der Waals surface area (Å²) in [5.74, 6) is -0.732. The van der Waals surface area contributed by atoms with Gasteiger partial charge in [-0.2, -0.15) is 0 Å². The Kier molecular flexibility index (Phi) is 4.18. The molecule has 3 nitrogen and oxygen atoms in total. The number of rotatable bonds is 3. The van der Waals surface area contributed by atoms with E-state index in [4.69, 9.17) is 11.6 Å². The van der Waals surface area contributed by atoms with E-state index >= 15 is 0 Å². The average Bonchev–Trinajstić information content (AvgIpc) is 2.21. The highest BCUT2D eigenvalue weighted by atomic mass is 35.5. The van der Waals surface area contributed by atoms with E-state index in [0.29, 0.717) is 5.56 Å². The van der Waals surface area contributed by atoms with Gasteiger partial charge in [-0.15, -0.1) is 0 Å². The first kappa shape index (κ1) is 12.8. The molecule has 1 heterocycles. The number of nitrogens with zero attached hydrogens (tertiary/aromatic N) is 1. The highest BCUT2D eigenvalue weighted by Crippen LogP contribution is 2.28. The van der Waals surface area contributed by atoms with Crippen LogP contribution in [-0.2, 0) is 4.74 Å². The molecule has 1 aromatic rings. The van der Waals surface area contributed by atoms with Gasteiger partial charge in [0, 0.05) is 0 Å². The van der Waals surface area contributed by atoms with Crippen molar-refractivity contribution in [3.05, 3.63) is 28.0 Å². The SMILES string of the molecule is CCOC(=O)c1cc(C)c(Cl)c(C(F)F)n1. The number of ether oxygens (including phenoxy) is 1. The van der Waals surface area contributed by atoms with Crippen LogP contribution in [0.5, 0.6) is 0 Å². The summed E-state index contributed by atoms with van der Waals surface area (Å²) in [6, 6.07) is 1.33. The molecule has 0 fully saturated rings. The minimum absolute atomic E-state index is 0.122. The summed E-state index contributed by atoms with van der Waals surface area (Å²) >= 11 is 5.65. The van der Waals surface area contributed by atoms with Gasteiger partial charge in [0.15, 0.2) is 0 Å². The lowest BCUT2D eigenvalue weighted by atomic mass is 10.2. The predicted octanol–water partition coefficient (Wildman–Crippen LogP) is 3.16. The molecule has 0 atom stereocenters. The molecule has 0 N–H and O–H groups in total.